The summed E-state index contributed by atoms with van der Waals surface area (Å²) >= 11 is 3.46. The van der Waals surface area contributed by atoms with Crippen molar-refractivity contribution >= 4 is 21.8 Å². The Balaban J connectivity index is 3.24. The van der Waals surface area contributed by atoms with E-state index in [0.29, 0.717) is 12.3 Å². The van der Waals surface area contributed by atoms with Crippen LogP contribution in [-0.4, -0.2) is 17.8 Å². The lowest BCUT2D eigenvalue weighted by molar-refractivity contribution is -0.121. The molecule has 0 aliphatic heterocycles. The summed E-state index contributed by atoms with van der Waals surface area (Å²) in [6.07, 6.45) is 7.67. The Morgan fingerprint density at radius 3 is 2.62 bits per heavy atom. The molecule has 2 nitrogen and oxygen atoms in total. The van der Waals surface area contributed by atoms with Crippen LogP contribution in [0.5, 0.6) is 0 Å². The van der Waals surface area contributed by atoms with Crippen molar-refractivity contribution in [3.05, 3.63) is 0 Å². The Morgan fingerprint density at radius 1 is 1.25 bits per heavy atom. The molecule has 0 fully saturated rings. The molecule has 1 N–H and O–H groups in total. The molecule has 0 aliphatic carbocycles. The first kappa shape index (κ1) is 16.0. The van der Waals surface area contributed by atoms with Crippen LogP contribution in [0.25, 0.3) is 0 Å². The molecule has 0 spiro atoms. The first-order valence-corrected chi connectivity index (χ1v) is 7.65. The zero-order valence-electron chi connectivity index (χ0n) is 10.7. The van der Waals surface area contributed by atoms with Gasteiger partial charge in [0.05, 0.1) is 0 Å². The third-order valence-corrected chi connectivity index (χ3v) is 3.82. The van der Waals surface area contributed by atoms with E-state index in [-0.39, 0.29) is 5.91 Å². The monoisotopic (exact) mass is 291 g/mol. The third kappa shape index (κ3) is 10.5. The minimum Gasteiger partial charge on any atom is -0.356 e. The van der Waals surface area contributed by atoms with Crippen LogP contribution < -0.4 is 5.32 Å². The summed E-state index contributed by atoms with van der Waals surface area (Å²) in [4.78, 5) is 11.4. The fourth-order valence-corrected chi connectivity index (χ4v) is 1.88. The van der Waals surface area contributed by atoms with Gasteiger partial charge in [0, 0.05) is 18.3 Å². The number of hydrogen-bond acceptors (Lipinski definition) is 1. The first-order valence-electron chi connectivity index (χ1n) is 6.53. The maximum absolute atomic E-state index is 11.4. The maximum Gasteiger partial charge on any atom is 0.219 e. The molecule has 0 radical (unpaired) electrons. The van der Waals surface area contributed by atoms with Crippen LogP contribution in [0.3, 0.4) is 0 Å². The number of rotatable bonds is 10. The molecule has 0 heterocycles. The normalized spacial score (nSPS) is 12.4. The number of hydrogen-bond donors (Lipinski definition) is 1. The Kier molecular flexibility index (Phi) is 11.4. The summed E-state index contributed by atoms with van der Waals surface area (Å²) in [5.41, 5.74) is 0. The molecule has 96 valence electrons. The average molecular weight is 292 g/mol. The van der Waals surface area contributed by atoms with Gasteiger partial charge in [0.1, 0.15) is 0 Å². The summed E-state index contributed by atoms with van der Waals surface area (Å²) < 4.78 is 0. The summed E-state index contributed by atoms with van der Waals surface area (Å²) in [6.45, 7) is 5.25. The molecular weight excluding hydrogens is 266 g/mol. The van der Waals surface area contributed by atoms with Crippen LogP contribution in [0.2, 0.25) is 0 Å². The molecule has 0 rings (SSSR count). The van der Waals surface area contributed by atoms with Gasteiger partial charge in [0.25, 0.3) is 0 Å². The number of carbonyl (C=O) groups is 1. The zero-order valence-corrected chi connectivity index (χ0v) is 12.3. The smallest absolute Gasteiger partial charge is 0.219 e. The van der Waals surface area contributed by atoms with E-state index in [9.17, 15) is 4.79 Å². The van der Waals surface area contributed by atoms with E-state index >= 15 is 0 Å². The highest BCUT2D eigenvalue weighted by molar-refractivity contribution is 9.09. The number of unbranched alkanes of at least 4 members (excludes halogenated alkanes) is 3. The standard InChI is InChI=1S/C13H26BrNO/c1-3-4-5-6-9-13(16)15-10-7-8-12(2)11-14/h12H,3-11H2,1-2H3,(H,15,16). The van der Waals surface area contributed by atoms with Crippen molar-refractivity contribution in [3.63, 3.8) is 0 Å². The van der Waals surface area contributed by atoms with Crippen LogP contribution >= 0.6 is 15.9 Å². The lowest BCUT2D eigenvalue weighted by Gasteiger charge is -2.08. The summed E-state index contributed by atoms with van der Waals surface area (Å²) in [5, 5.41) is 4.04. The Morgan fingerprint density at radius 2 is 2.00 bits per heavy atom. The van der Waals surface area contributed by atoms with Gasteiger partial charge in [-0.1, -0.05) is 49.0 Å². The molecule has 0 aromatic heterocycles. The molecule has 1 amide bonds. The van der Waals surface area contributed by atoms with Gasteiger partial charge in [0.15, 0.2) is 0 Å². The first-order chi connectivity index (χ1) is 7.70. The van der Waals surface area contributed by atoms with Crippen molar-refractivity contribution in [2.24, 2.45) is 5.92 Å². The van der Waals surface area contributed by atoms with Gasteiger partial charge in [-0.3, -0.25) is 4.79 Å². The molecule has 1 atom stereocenters. The predicted octanol–water partition coefficient (Wildman–Crippen LogP) is 3.88. The fraction of sp³-hybridized carbons (Fsp3) is 0.923. The minimum atomic E-state index is 0.225. The van der Waals surface area contributed by atoms with Crippen LogP contribution in [-0.2, 0) is 4.79 Å². The zero-order chi connectivity index (χ0) is 12.2. The lowest BCUT2D eigenvalue weighted by atomic mass is 10.1. The van der Waals surface area contributed by atoms with Crippen molar-refractivity contribution in [2.75, 3.05) is 11.9 Å². The number of carbonyl (C=O) groups excluding carboxylic acids is 1. The van der Waals surface area contributed by atoms with E-state index < -0.39 is 0 Å². The van der Waals surface area contributed by atoms with Gasteiger partial charge in [0.2, 0.25) is 5.91 Å². The van der Waals surface area contributed by atoms with Crippen molar-refractivity contribution < 1.29 is 4.79 Å². The van der Waals surface area contributed by atoms with Crippen LogP contribution in [0.4, 0.5) is 0 Å². The third-order valence-electron chi connectivity index (χ3n) is 2.72. The van der Waals surface area contributed by atoms with Gasteiger partial charge in [-0.2, -0.15) is 0 Å². The van der Waals surface area contributed by atoms with Gasteiger partial charge >= 0.3 is 0 Å². The number of halogens is 1. The van der Waals surface area contributed by atoms with E-state index in [1.54, 1.807) is 0 Å². The van der Waals surface area contributed by atoms with Crippen molar-refractivity contribution in [2.45, 2.75) is 58.8 Å². The molecule has 1 unspecified atom stereocenters. The molecule has 0 bridgehead atoms. The van der Waals surface area contributed by atoms with E-state index in [1.165, 1.54) is 25.7 Å². The van der Waals surface area contributed by atoms with Crippen LogP contribution in [0.15, 0.2) is 0 Å². The van der Waals surface area contributed by atoms with Crippen molar-refractivity contribution in [3.8, 4) is 0 Å². The molecule has 16 heavy (non-hydrogen) atoms. The SMILES string of the molecule is CCCCCCC(=O)NCCCC(C)CBr. The fourth-order valence-electron chi connectivity index (χ4n) is 1.56. The van der Waals surface area contributed by atoms with Gasteiger partial charge in [-0.25, -0.2) is 0 Å². The summed E-state index contributed by atoms with van der Waals surface area (Å²) in [7, 11) is 0. The van der Waals surface area contributed by atoms with Gasteiger partial charge in [-0.15, -0.1) is 0 Å². The van der Waals surface area contributed by atoms with Gasteiger partial charge < -0.3 is 5.32 Å². The van der Waals surface area contributed by atoms with E-state index in [2.05, 4.69) is 35.1 Å². The van der Waals surface area contributed by atoms with Crippen LogP contribution in [0.1, 0.15) is 58.8 Å². The Labute approximate surface area is 109 Å². The molecular formula is C13H26BrNO. The maximum atomic E-state index is 11.4. The lowest BCUT2D eigenvalue weighted by Crippen LogP contribution is -2.24. The topological polar surface area (TPSA) is 29.1 Å². The molecule has 0 aliphatic rings. The van der Waals surface area contributed by atoms with Crippen LogP contribution in [0, 0.1) is 5.92 Å². The highest BCUT2D eigenvalue weighted by atomic mass is 79.9. The van der Waals surface area contributed by atoms with Crippen molar-refractivity contribution in [1.29, 1.82) is 0 Å². The van der Waals surface area contributed by atoms with E-state index in [0.717, 1.165) is 24.7 Å². The van der Waals surface area contributed by atoms with E-state index in [4.69, 9.17) is 0 Å². The number of alkyl halides is 1. The highest BCUT2D eigenvalue weighted by Gasteiger charge is 2.02. The minimum absolute atomic E-state index is 0.225. The highest BCUT2D eigenvalue weighted by Crippen LogP contribution is 2.07. The predicted molar refractivity (Wildman–Crippen MR) is 74.0 cm³/mol. The average Bonchev–Trinajstić information content (AvgIpc) is 2.30. The summed E-state index contributed by atoms with van der Waals surface area (Å²) in [6, 6.07) is 0. The molecule has 0 saturated carbocycles. The van der Waals surface area contributed by atoms with Crippen molar-refractivity contribution in [1.82, 2.24) is 5.32 Å². The second kappa shape index (κ2) is 11.4. The quantitative estimate of drug-likeness (QED) is 0.480. The second-order valence-corrected chi connectivity index (χ2v) is 5.21. The Bertz CT molecular complexity index is 173. The Hall–Kier alpha value is -0.0500. The van der Waals surface area contributed by atoms with Gasteiger partial charge in [-0.05, 0) is 25.2 Å². The molecule has 3 heteroatoms. The number of nitrogens with one attached hydrogen (secondary N) is 1. The largest absolute Gasteiger partial charge is 0.356 e. The second-order valence-electron chi connectivity index (χ2n) is 4.56. The molecule has 0 aromatic carbocycles. The van der Waals surface area contributed by atoms with E-state index in [1.807, 2.05) is 0 Å². The number of amides is 1. The molecule has 0 aromatic rings. The molecule has 0 saturated heterocycles. The summed E-state index contributed by atoms with van der Waals surface area (Å²) in [5.74, 6) is 0.934.